The zero-order valence-electron chi connectivity index (χ0n) is 11.2. The largest absolute Gasteiger partial charge is 0.396 e. The van der Waals surface area contributed by atoms with Crippen LogP contribution in [0.1, 0.15) is 52.9 Å². The fourth-order valence-corrected chi connectivity index (χ4v) is 3.02. The highest BCUT2D eigenvalue weighted by molar-refractivity contribution is 4.83. The van der Waals surface area contributed by atoms with E-state index in [1.807, 2.05) is 0 Å². The molecule has 0 aromatic heterocycles. The minimum atomic E-state index is 0.329. The Kier molecular flexibility index (Phi) is 6.37. The highest BCUT2D eigenvalue weighted by Gasteiger charge is 2.27. The monoisotopic (exact) mass is 227 g/mol. The van der Waals surface area contributed by atoms with Crippen molar-refractivity contribution in [1.82, 2.24) is 5.32 Å². The summed E-state index contributed by atoms with van der Waals surface area (Å²) in [6.45, 7) is 8.38. The van der Waals surface area contributed by atoms with Crippen molar-refractivity contribution in [2.75, 3.05) is 13.2 Å². The molecule has 96 valence electrons. The third-order valence-corrected chi connectivity index (χ3v) is 4.30. The Morgan fingerprint density at radius 1 is 1.25 bits per heavy atom. The van der Waals surface area contributed by atoms with E-state index in [4.69, 9.17) is 5.11 Å². The van der Waals surface area contributed by atoms with Gasteiger partial charge in [-0.2, -0.15) is 0 Å². The van der Waals surface area contributed by atoms with Crippen molar-refractivity contribution in [1.29, 1.82) is 0 Å². The van der Waals surface area contributed by atoms with Gasteiger partial charge in [0.1, 0.15) is 0 Å². The normalized spacial score (nSPS) is 32.6. The maximum atomic E-state index is 8.98. The fraction of sp³-hybridized carbons (Fsp3) is 1.00. The number of aliphatic hydroxyl groups is 1. The number of nitrogens with one attached hydrogen (secondary N) is 1. The molecule has 2 heteroatoms. The molecule has 0 bridgehead atoms. The van der Waals surface area contributed by atoms with Gasteiger partial charge in [-0.25, -0.2) is 0 Å². The van der Waals surface area contributed by atoms with Gasteiger partial charge < -0.3 is 10.4 Å². The van der Waals surface area contributed by atoms with Gasteiger partial charge in [0, 0.05) is 12.6 Å². The molecule has 1 aliphatic rings. The smallest absolute Gasteiger partial charge is 0.0434 e. The average Bonchev–Trinajstić information content (AvgIpc) is 2.27. The molecule has 0 aromatic rings. The van der Waals surface area contributed by atoms with E-state index in [1.54, 1.807) is 0 Å². The molecule has 2 N–H and O–H groups in total. The lowest BCUT2D eigenvalue weighted by molar-refractivity contribution is 0.191. The molecule has 2 nitrogen and oxygen atoms in total. The number of hydrogen-bond donors (Lipinski definition) is 2. The van der Waals surface area contributed by atoms with Crippen LogP contribution in [0.4, 0.5) is 0 Å². The Balaban J connectivity index is 2.33. The molecule has 0 aliphatic heterocycles. The van der Waals surface area contributed by atoms with E-state index in [2.05, 4.69) is 26.1 Å². The second-order valence-corrected chi connectivity index (χ2v) is 5.61. The van der Waals surface area contributed by atoms with E-state index in [-0.39, 0.29) is 0 Å². The lowest BCUT2D eigenvalue weighted by Gasteiger charge is -2.36. The summed E-state index contributed by atoms with van der Waals surface area (Å²) in [6, 6.07) is 0.696. The first-order valence-corrected chi connectivity index (χ1v) is 7.03. The Hall–Kier alpha value is -0.0800. The van der Waals surface area contributed by atoms with Gasteiger partial charge in [-0.15, -0.1) is 0 Å². The van der Waals surface area contributed by atoms with Crippen LogP contribution < -0.4 is 5.32 Å². The number of rotatable bonds is 6. The van der Waals surface area contributed by atoms with Gasteiger partial charge in [0.05, 0.1) is 0 Å². The van der Waals surface area contributed by atoms with Crippen molar-refractivity contribution in [3.05, 3.63) is 0 Å². The Morgan fingerprint density at radius 2 is 1.88 bits per heavy atom. The SMILES string of the molecule is CCC(CCO)CNC1C(C)CCCC1C. The summed E-state index contributed by atoms with van der Waals surface area (Å²) in [4.78, 5) is 0. The maximum absolute atomic E-state index is 8.98. The fourth-order valence-electron chi connectivity index (χ4n) is 3.02. The Morgan fingerprint density at radius 3 is 2.38 bits per heavy atom. The standard InChI is InChI=1S/C14H29NO/c1-4-13(8-9-16)10-15-14-11(2)6-5-7-12(14)3/h11-16H,4-10H2,1-3H3. The van der Waals surface area contributed by atoms with Crippen LogP contribution in [0.15, 0.2) is 0 Å². The van der Waals surface area contributed by atoms with E-state index in [0.717, 1.165) is 24.8 Å². The van der Waals surface area contributed by atoms with Crippen molar-refractivity contribution in [2.45, 2.75) is 58.9 Å². The molecule has 0 saturated heterocycles. The molecule has 0 aromatic carbocycles. The second-order valence-electron chi connectivity index (χ2n) is 5.61. The molecule has 1 saturated carbocycles. The second kappa shape index (κ2) is 7.29. The molecule has 16 heavy (non-hydrogen) atoms. The van der Waals surface area contributed by atoms with Crippen LogP contribution in [-0.2, 0) is 0 Å². The molecule has 0 radical (unpaired) electrons. The molecular weight excluding hydrogens is 198 g/mol. The Labute approximate surface area is 101 Å². The molecule has 1 rings (SSSR count). The van der Waals surface area contributed by atoms with Gasteiger partial charge in [0.2, 0.25) is 0 Å². The summed E-state index contributed by atoms with van der Waals surface area (Å²) in [7, 11) is 0. The highest BCUT2D eigenvalue weighted by Crippen LogP contribution is 2.29. The molecule has 3 unspecified atom stereocenters. The van der Waals surface area contributed by atoms with Crippen molar-refractivity contribution in [2.24, 2.45) is 17.8 Å². The molecule has 3 atom stereocenters. The van der Waals surface area contributed by atoms with Crippen molar-refractivity contribution < 1.29 is 5.11 Å². The first-order valence-electron chi connectivity index (χ1n) is 7.03. The zero-order chi connectivity index (χ0) is 12.0. The molecule has 0 spiro atoms. The van der Waals surface area contributed by atoms with Crippen LogP contribution in [0.2, 0.25) is 0 Å². The van der Waals surface area contributed by atoms with Gasteiger partial charge in [-0.05, 0) is 43.6 Å². The summed E-state index contributed by atoms with van der Waals surface area (Å²) in [5.41, 5.74) is 0. The highest BCUT2D eigenvalue weighted by atomic mass is 16.3. The first-order chi connectivity index (χ1) is 7.69. The van der Waals surface area contributed by atoms with Crippen LogP contribution in [0.25, 0.3) is 0 Å². The third-order valence-electron chi connectivity index (χ3n) is 4.30. The van der Waals surface area contributed by atoms with E-state index >= 15 is 0 Å². The van der Waals surface area contributed by atoms with Crippen LogP contribution in [0.3, 0.4) is 0 Å². The lowest BCUT2D eigenvalue weighted by atomic mass is 9.78. The van der Waals surface area contributed by atoms with Crippen LogP contribution in [-0.4, -0.2) is 24.3 Å². The van der Waals surface area contributed by atoms with E-state index < -0.39 is 0 Å². The molecule has 0 amide bonds. The van der Waals surface area contributed by atoms with E-state index in [0.29, 0.717) is 18.6 Å². The van der Waals surface area contributed by atoms with E-state index in [9.17, 15) is 0 Å². The van der Waals surface area contributed by atoms with Gasteiger partial charge >= 0.3 is 0 Å². The van der Waals surface area contributed by atoms with Crippen LogP contribution >= 0.6 is 0 Å². The molecule has 1 fully saturated rings. The van der Waals surface area contributed by atoms with Crippen LogP contribution in [0, 0.1) is 17.8 Å². The van der Waals surface area contributed by atoms with E-state index in [1.165, 1.54) is 25.7 Å². The predicted molar refractivity (Wildman–Crippen MR) is 69.5 cm³/mol. The Bertz CT molecular complexity index is 174. The number of hydrogen-bond acceptors (Lipinski definition) is 2. The first kappa shape index (κ1) is 14.0. The van der Waals surface area contributed by atoms with Gasteiger partial charge in [0.15, 0.2) is 0 Å². The summed E-state index contributed by atoms with van der Waals surface area (Å²) in [5.74, 6) is 2.28. The third kappa shape index (κ3) is 4.06. The summed E-state index contributed by atoms with van der Waals surface area (Å²) in [6.07, 6.45) is 6.26. The minimum absolute atomic E-state index is 0.329. The zero-order valence-corrected chi connectivity index (χ0v) is 11.2. The maximum Gasteiger partial charge on any atom is 0.0434 e. The quantitative estimate of drug-likeness (QED) is 0.731. The summed E-state index contributed by atoms with van der Waals surface area (Å²) in [5, 5.41) is 12.7. The average molecular weight is 227 g/mol. The van der Waals surface area contributed by atoms with Crippen molar-refractivity contribution in [3.63, 3.8) is 0 Å². The van der Waals surface area contributed by atoms with Gasteiger partial charge in [-0.3, -0.25) is 0 Å². The predicted octanol–water partition coefficient (Wildman–Crippen LogP) is 2.81. The topological polar surface area (TPSA) is 32.3 Å². The van der Waals surface area contributed by atoms with Crippen molar-refractivity contribution in [3.8, 4) is 0 Å². The van der Waals surface area contributed by atoms with Crippen molar-refractivity contribution >= 4 is 0 Å². The summed E-state index contributed by atoms with van der Waals surface area (Å²) < 4.78 is 0. The van der Waals surface area contributed by atoms with Gasteiger partial charge in [0.25, 0.3) is 0 Å². The molecule has 1 aliphatic carbocycles. The summed E-state index contributed by atoms with van der Waals surface area (Å²) >= 11 is 0. The minimum Gasteiger partial charge on any atom is -0.396 e. The van der Waals surface area contributed by atoms with Gasteiger partial charge in [-0.1, -0.05) is 33.6 Å². The lowest BCUT2D eigenvalue weighted by Crippen LogP contribution is -2.44. The molecule has 0 heterocycles. The van der Waals surface area contributed by atoms with Crippen LogP contribution in [0.5, 0.6) is 0 Å². The number of aliphatic hydroxyl groups excluding tert-OH is 1. The molecular formula is C14H29NO.